The second-order valence-corrected chi connectivity index (χ2v) is 4.48. The van der Waals surface area contributed by atoms with Gasteiger partial charge in [-0.15, -0.1) is 0 Å². The van der Waals surface area contributed by atoms with Gasteiger partial charge in [-0.25, -0.2) is 0 Å². The molecule has 0 aromatic heterocycles. The van der Waals surface area contributed by atoms with Crippen molar-refractivity contribution in [3.05, 3.63) is 29.3 Å². The number of hydrogen-bond acceptors (Lipinski definition) is 3. The molecule has 0 fully saturated rings. The van der Waals surface area contributed by atoms with Crippen LogP contribution in [0.1, 0.15) is 29.8 Å². The average Bonchev–Trinajstić information content (AvgIpc) is 2.39. The molecule has 18 heavy (non-hydrogen) atoms. The summed E-state index contributed by atoms with van der Waals surface area (Å²) < 4.78 is 5.28. The van der Waals surface area contributed by atoms with Gasteiger partial charge in [0.05, 0.1) is 6.10 Å². The quantitative estimate of drug-likeness (QED) is 0.842. The lowest BCUT2D eigenvalue weighted by atomic mass is 10.1. The zero-order valence-corrected chi connectivity index (χ0v) is 11.7. The van der Waals surface area contributed by atoms with Gasteiger partial charge in [0.25, 0.3) is 5.91 Å². The average molecular weight is 250 g/mol. The molecule has 1 amide bonds. The van der Waals surface area contributed by atoms with Gasteiger partial charge in [-0.3, -0.25) is 4.79 Å². The molecule has 1 rings (SSSR count). The van der Waals surface area contributed by atoms with Crippen molar-refractivity contribution < 1.29 is 9.53 Å². The van der Waals surface area contributed by atoms with Gasteiger partial charge in [0.1, 0.15) is 0 Å². The molecule has 0 heterocycles. The SMILES string of the molecule is CNC(=O)c1ccc(C)c(NC(C)C(C)OC)c1. The standard InChI is InChI=1S/C14H22N2O2/c1-9-6-7-12(14(17)15-4)8-13(9)16-10(2)11(3)18-5/h6-8,10-11,16H,1-5H3,(H,15,17). The molecule has 100 valence electrons. The Bertz CT molecular complexity index is 418. The minimum absolute atomic E-state index is 0.0782. The number of carbonyl (C=O) groups is 1. The number of amides is 1. The van der Waals surface area contributed by atoms with Crippen LogP contribution in [0, 0.1) is 6.92 Å². The third kappa shape index (κ3) is 3.47. The molecule has 2 unspecified atom stereocenters. The van der Waals surface area contributed by atoms with E-state index in [1.807, 2.05) is 32.0 Å². The Morgan fingerprint density at radius 2 is 2.00 bits per heavy atom. The molecule has 0 saturated carbocycles. The van der Waals surface area contributed by atoms with Crippen LogP contribution in [0.25, 0.3) is 0 Å². The van der Waals surface area contributed by atoms with E-state index >= 15 is 0 Å². The van der Waals surface area contributed by atoms with E-state index in [1.54, 1.807) is 14.2 Å². The number of aryl methyl sites for hydroxylation is 1. The first-order valence-electron chi connectivity index (χ1n) is 6.11. The summed E-state index contributed by atoms with van der Waals surface area (Å²) in [5, 5.41) is 6.00. The number of methoxy groups -OCH3 is 1. The number of rotatable bonds is 5. The van der Waals surface area contributed by atoms with Crippen molar-refractivity contribution in [2.75, 3.05) is 19.5 Å². The first-order valence-corrected chi connectivity index (χ1v) is 6.11. The van der Waals surface area contributed by atoms with Crippen LogP contribution in [0.4, 0.5) is 5.69 Å². The smallest absolute Gasteiger partial charge is 0.251 e. The lowest BCUT2D eigenvalue weighted by Gasteiger charge is -2.22. The molecule has 0 aliphatic heterocycles. The summed E-state index contributed by atoms with van der Waals surface area (Å²) in [6, 6.07) is 5.81. The van der Waals surface area contributed by atoms with E-state index in [2.05, 4.69) is 17.6 Å². The van der Waals surface area contributed by atoms with Crippen LogP contribution >= 0.6 is 0 Å². The minimum Gasteiger partial charge on any atom is -0.380 e. The molecule has 1 aromatic rings. The molecular weight excluding hydrogens is 228 g/mol. The largest absolute Gasteiger partial charge is 0.380 e. The van der Waals surface area contributed by atoms with Gasteiger partial charge in [0.2, 0.25) is 0 Å². The van der Waals surface area contributed by atoms with E-state index in [9.17, 15) is 4.79 Å². The minimum atomic E-state index is -0.0782. The van der Waals surface area contributed by atoms with Crippen molar-refractivity contribution >= 4 is 11.6 Å². The van der Waals surface area contributed by atoms with E-state index in [0.717, 1.165) is 11.3 Å². The molecule has 2 N–H and O–H groups in total. The molecule has 1 aromatic carbocycles. The van der Waals surface area contributed by atoms with E-state index in [4.69, 9.17) is 4.74 Å². The van der Waals surface area contributed by atoms with Crippen molar-refractivity contribution in [2.24, 2.45) is 0 Å². The number of hydrogen-bond donors (Lipinski definition) is 2. The molecule has 2 atom stereocenters. The monoisotopic (exact) mass is 250 g/mol. The molecule has 0 spiro atoms. The summed E-state index contributed by atoms with van der Waals surface area (Å²) in [6.45, 7) is 6.08. The summed E-state index contributed by atoms with van der Waals surface area (Å²) in [4.78, 5) is 11.6. The Hall–Kier alpha value is -1.55. The highest BCUT2D eigenvalue weighted by atomic mass is 16.5. The summed E-state index contributed by atoms with van der Waals surface area (Å²) >= 11 is 0. The number of carbonyl (C=O) groups excluding carboxylic acids is 1. The van der Waals surface area contributed by atoms with Crippen molar-refractivity contribution in [1.29, 1.82) is 0 Å². The predicted octanol–water partition coefficient (Wildman–Crippen LogP) is 2.19. The van der Waals surface area contributed by atoms with Gasteiger partial charge in [0.15, 0.2) is 0 Å². The molecule has 0 bridgehead atoms. The van der Waals surface area contributed by atoms with Gasteiger partial charge in [-0.2, -0.15) is 0 Å². The Kier molecular flexibility index (Phi) is 5.16. The zero-order chi connectivity index (χ0) is 13.7. The molecule has 0 saturated heterocycles. The number of benzene rings is 1. The number of ether oxygens (including phenoxy) is 1. The fraction of sp³-hybridized carbons (Fsp3) is 0.500. The van der Waals surface area contributed by atoms with E-state index in [-0.39, 0.29) is 18.1 Å². The fourth-order valence-electron chi connectivity index (χ4n) is 1.63. The highest BCUT2D eigenvalue weighted by Crippen LogP contribution is 2.19. The molecule has 0 aliphatic rings. The van der Waals surface area contributed by atoms with Gasteiger partial charge >= 0.3 is 0 Å². The van der Waals surface area contributed by atoms with Gasteiger partial charge in [0, 0.05) is 31.5 Å². The molecule has 4 heteroatoms. The Morgan fingerprint density at radius 1 is 1.33 bits per heavy atom. The summed E-state index contributed by atoms with van der Waals surface area (Å²) in [7, 11) is 3.32. The fourth-order valence-corrected chi connectivity index (χ4v) is 1.63. The van der Waals surface area contributed by atoms with Gasteiger partial charge < -0.3 is 15.4 Å². The van der Waals surface area contributed by atoms with E-state index in [0.29, 0.717) is 5.56 Å². The Morgan fingerprint density at radius 3 is 2.56 bits per heavy atom. The Labute approximate surface area is 109 Å². The Balaban J connectivity index is 2.91. The molecule has 4 nitrogen and oxygen atoms in total. The van der Waals surface area contributed by atoms with Crippen LogP contribution < -0.4 is 10.6 Å². The summed E-state index contributed by atoms with van der Waals surface area (Å²) in [5.41, 5.74) is 2.73. The highest BCUT2D eigenvalue weighted by Gasteiger charge is 2.13. The maximum Gasteiger partial charge on any atom is 0.251 e. The second-order valence-electron chi connectivity index (χ2n) is 4.48. The first-order chi connectivity index (χ1) is 8.49. The van der Waals surface area contributed by atoms with Gasteiger partial charge in [-0.1, -0.05) is 6.07 Å². The van der Waals surface area contributed by atoms with Crippen LogP contribution in [0.15, 0.2) is 18.2 Å². The summed E-state index contributed by atoms with van der Waals surface area (Å²) in [5.74, 6) is -0.0782. The lowest BCUT2D eigenvalue weighted by Crippen LogP contribution is -2.30. The van der Waals surface area contributed by atoms with Crippen molar-refractivity contribution in [2.45, 2.75) is 32.9 Å². The van der Waals surface area contributed by atoms with Crippen LogP contribution in [-0.2, 0) is 4.74 Å². The van der Waals surface area contributed by atoms with Crippen molar-refractivity contribution in [1.82, 2.24) is 5.32 Å². The zero-order valence-electron chi connectivity index (χ0n) is 11.7. The number of nitrogens with one attached hydrogen (secondary N) is 2. The summed E-state index contributed by atoms with van der Waals surface area (Å²) in [6.07, 6.45) is 0.105. The van der Waals surface area contributed by atoms with Crippen molar-refractivity contribution in [3.63, 3.8) is 0 Å². The topological polar surface area (TPSA) is 50.4 Å². The molecule has 0 aliphatic carbocycles. The normalized spacial score (nSPS) is 13.8. The van der Waals surface area contributed by atoms with Crippen LogP contribution in [0.3, 0.4) is 0 Å². The third-order valence-electron chi connectivity index (χ3n) is 3.19. The molecular formula is C14H22N2O2. The van der Waals surface area contributed by atoms with Gasteiger partial charge in [-0.05, 0) is 38.5 Å². The lowest BCUT2D eigenvalue weighted by molar-refractivity contribution is 0.0963. The predicted molar refractivity (Wildman–Crippen MR) is 74.1 cm³/mol. The van der Waals surface area contributed by atoms with Crippen LogP contribution in [-0.4, -0.2) is 32.2 Å². The van der Waals surface area contributed by atoms with Crippen molar-refractivity contribution in [3.8, 4) is 0 Å². The van der Waals surface area contributed by atoms with Crippen LogP contribution in [0.2, 0.25) is 0 Å². The second kappa shape index (κ2) is 6.40. The highest BCUT2D eigenvalue weighted by molar-refractivity contribution is 5.95. The van der Waals surface area contributed by atoms with Crippen LogP contribution in [0.5, 0.6) is 0 Å². The molecule has 0 radical (unpaired) electrons. The number of anilines is 1. The third-order valence-corrected chi connectivity index (χ3v) is 3.19. The maximum absolute atomic E-state index is 11.6. The van der Waals surface area contributed by atoms with E-state index in [1.165, 1.54) is 0 Å². The van der Waals surface area contributed by atoms with E-state index < -0.39 is 0 Å². The maximum atomic E-state index is 11.6. The first kappa shape index (κ1) is 14.5.